The molecule has 1 fully saturated rings. The highest BCUT2D eigenvalue weighted by molar-refractivity contribution is 7.99. The zero-order valence-electron chi connectivity index (χ0n) is 10.4. The van der Waals surface area contributed by atoms with Crippen LogP contribution in [0.4, 0.5) is 0 Å². The summed E-state index contributed by atoms with van der Waals surface area (Å²) >= 11 is 1.70. The fourth-order valence-corrected chi connectivity index (χ4v) is 3.27. The normalized spacial score (nSPS) is 22.6. The average Bonchev–Trinajstić information content (AvgIpc) is 3.07. The molecule has 0 saturated carbocycles. The highest BCUT2D eigenvalue weighted by Gasteiger charge is 2.32. The van der Waals surface area contributed by atoms with Gasteiger partial charge in [-0.3, -0.25) is 0 Å². The number of aliphatic hydroxyl groups is 1. The fourth-order valence-electron chi connectivity index (χ4n) is 2.04. The molecule has 0 spiro atoms. The molecule has 1 aliphatic rings. The molecule has 3 rings (SSSR count). The predicted octanol–water partition coefficient (Wildman–Crippen LogP) is 1.94. The molecule has 0 bridgehead atoms. The Labute approximate surface area is 115 Å². The number of methoxy groups -OCH3 is 1. The van der Waals surface area contributed by atoms with Crippen molar-refractivity contribution in [2.24, 2.45) is 0 Å². The van der Waals surface area contributed by atoms with Crippen molar-refractivity contribution in [2.75, 3.05) is 18.6 Å². The van der Waals surface area contributed by atoms with E-state index >= 15 is 0 Å². The molecule has 2 unspecified atom stereocenters. The number of rotatable bonds is 3. The van der Waals surface area contributed by atoms with E-state index in [2.05, 4.69) is 10.1 Å². The van der Waals surface area contributed by atoms with Crippen molar-refractivity contribution in [3.8, 4) is 17.1 Å². The lowest BCUT2D eigenvalue weighted by atomic mass is 10.1. The summed E-state index contributed by atoms with van der Waals surface area (Å²) in [5.41, 5.74) is 0.842. The van der Waals surface area contributed by atoms with E-state index in [-0.39, 0.29) is 5.92 Å². The van der Waals surface area contributed by atoms with Crippen LogP contribution in [0, 0.1) is 0 Å². The van der Waals surface area contributed by atoms with Crippen LogP contribution in [0.3, 0.4) is 0 Å². The minimum Gasteiger partial charge on any atom is -0.497 e. The molecule has 1 aromatic heterocycles. The molecule has 19 heavy (non-hydrogen) atoms. The van der Waals surface area contributed by atoms with E-state index in [9.17, 15) is 5.11 Å². The molecule has 2 aromatic rings. The maximum absolute atomic E-state index is 9.84. The second kappa shape index (κ2) is 5.22. The summed E-state index contributed by atoms with van der Waals surface area (Å²) in [5.74, 6) is 3.27. The Morgan fingerprint density at radius 2 is 2.32 bits per heavy atom. The van der Waals surface area contributed by atoms with Crippen molar-refractivity contribution < 1.29 is 14.4 Å². The largest absolute Gasteiger partial charge is 0.497 e. The Bertz CT molecular complexity index is 573. The number of benzene rings is 1. The van der Waals surface area contributed by atoms with Crippen molar-refractivity contribution in [3.05, 3.63) is 30.2 Å². The third-order valence-electron chi connectivity index (χ3n) is 3.14. The molecule has 5 nitrogen and oxygen atoms in total. The van der Waals surface area contributed by atoms with Crippen LogP contribution in [0.1, 0.15) is 11.8 Å². The molecule has 0 aliphatic carbocycles. The van der Waals surface area contributed by atoms with Gasteiger partial charge >= 0.3 is 0 Å². The molecule has 1 aliphatic heterocycles. The van der Waals surface area contributed by atoms with Gasteiger partial charge in [-0.2, -0.15) is 16.7 Å². The van der Waals surface area contributed by atoms with Crippen molar-refractivity contribution in [3.63, 3.8) is 0 Å². The number of aliphatic hydroxyl groups excluding tert-OH is 1. The molecular formula is C13H14N2O3S. The molecule has 6 heteroatoms. The highest BCUT2D eigenvalue weighted by atomic mass is 32.2. The first-order chi connectivity index (χ1) is 9.28. The van der Waals surface area contributed by atoms with Gasteiger partial charge in [0.1, 0.15) is 5.75 Å². The Morgan fingerprint density at radius 3 is 3.05 bits per heavy atom. The van der Waals surface area contributed by atoms with Crippen molar-refractivity contribution in [1.82, 2.24) is 10.1 Å². The highest BCUT2D eigenvalue weighted by Crippen LogP contribution is 2.33. The second-order valence-electron chi connectivity index (χ2n) is 4.40. The Kier molecular flexibility index (Phi) is 3.44. The smallest absolute Gasteiger partial charge is 0.233 e. The third kappa shape index (κ3) is 2.46. The van der Waals surface area contributed by atoms with Gasteiger partial charge in [0.05, 0.1) is 19.1 Å². The summed E-state index contributed by atoms with van der Waals surface area (Å²) in [6.07, 6.45) is -0.399. The monoisotopic (exact) mass is 278 g/mol. The summed E-state index contributed by atoms with van der Waals surface area (Å²) in [4.78, 5) is 4.38. The summed E-state index contributed by atoms with van der Waals surface area (Å²) in [5, 5.41) is 13.8. The molecule has 2 atom stereocenters. The van der Waals surface area contributed by atoms with Crippen LogP contribution >= 0.6 is 11.8 Å². The molecule has 100 valence electrons. The molecule has 1 aromatic carbocycles. The molecule has 1 saturated heterocycles. The SMILES string of the molecule is COc1cccc(-c2noc(C3CSCC3O)n2)c1. The molecular weight excluding hydrogens is 264 g/mol. The van der Waals surface area contributed by atoms with Gasteiger partial charge in [-0.25, -0.2) is 0 Å². The summed E-state index contributed by atoms with van der Waals surface area (Å²) in [7, 11) is 1.62. The molecule has 1 N–H and O–H groups in total. The quantitative estimate of drug-likeness (QED) is 0.925. The van der Waals surface area contributed by atoms with Crippen LogP contribution in [0.25, 0.3) is 11.4 Å². The van der Waals surface area contributed by atoms with E-state index in [1.54, 1.807) is 18.9 Å². The predicted molar refractivity (Wildman–Crippen MR) is 72.4 cm³/mol. The molecule has 0 radical (unpaired) electrons. The topological polar surface area (TPSA) is 68.4 Å². The van der Waals surface area contributed by atoms with E-state index in [4.69, 9.17) is 9.26 Å². The number of hydrogen-bond acceptors (Lipinski definition) is 6. The van der Waals surface area contributed by atoms with Gasteiger partial charge in [0.2, 0.25) is 11.7 Å². The maximum Gasteiger partial charge on any atom is 0.233 e. The minimum absolute atomic E-state index is 0.0585. The second-order valence-corrected chi connectivity index (χ2v) is 5.47. The van der Waals surface area contributed by atoms with Crippen LogP contribution in [-0.4, -0.2) is 40.0 Å². The van der Waals surface area contributed by atoms with Crippen molar-refractivity contribution in [1.29, 1.82) is 0 Å². The van der Waals surface area contributed by atoms with Crippen LogP contribution in [0.5, 0.6) is 5.75 Å². The number of hydrogen-bond donors (Lipinski definition) is 1. The van der Waals surface area contributed by atoms with E-state index < -0.39 is 6.10 Å². The van der Waals surface area contributed by atoms with Crippen molar-refractivity contribution >= 4 is 11.8 Å². The lowest BCUT2D eigenvalue weighted by Crippen LogP contribution is -2.15. The maximum atomic E-state index is 9.84. The number of nitrogens with zero attached hydrogens (tertiary/aromatic N) is 2. The zero-order valence-corrected chi connectivity index (χ0v) is 11.3. The average molecular weight is 278 g/mol. The van der Waals surface area contributed by atoms with E-state index in [0.717, 1.165) is 22.8 Å². The van der Waals surface area contributed by atoms with Gasteiger partial charge in [0, 0.05) is 17.1 Å². The van der Waals surface area contributed by atoms with Gasteiger partial charge in [-0.15, -0.1) is 0 Å². The summed E-state index contributed by atoms with van der Waals surface area (Å²) < 4.78 is 10.4. The van der Waals surface area contributed by atoms with Crippen LogP contribution in [0.15, 0.2) is 28.8 Å². The third-order valence-corrected chi connectivity index (χ3v) is 4.31. The number of aromatic nitrogens is 2. The first kappa shape index (κ1) is 12.5. The Hall–Kier alpha value is -1.53. The Balaban J connectivity index is 1.88. The lowest BCUT2D eigenvalue weighted by molar-refractivity contribution is 0.164. The molecule has 2 heterocycles. The van der Waals surface area contributed by atoms with Gasteiger partial charge in [-0.05, 0) is 12.1 Å². The van der Waals surface area contributed by atoms with Gasteiger partial charge in [0.15, 0.2) is 0 Å². The number of thioether (sulfide) groups is 1. The minimum atomic E-state index is -0.399. The van der Waals surface area contributed by atoms with Crippen molar-refractivity contribution in [2.45, 2.75) is 12.0 Å². The molecule has 0 amide bonds. The standard InChI is InChI=1S/C13H14N2O3S/c1-17-9-4-2-3-8(5-9)12-14-13(18-15-12)10-6-19-7-11(10)16/h2-5,10-11,16H,6-7H2,1H3. The number of ether oxygens (including phenoxy) is 1. The zero-order chi connectivity index (χ0) is 13.2. The first-order valence-corrected chi connectivity index (χ1v) is 7.17. The van der Waals surface area contributed by atoms with Crippen LogP contribution < -0.4 is 4.74 Å². The van der Waals surface area contributed by atoms with E-state index in [1.807, 2.05) is 24.3 Å². The lowest BCUT2D eigenvalue weighted by Gasteiger charge is -2.06. The fraction of sp³-hybridized carbons (Fsp3) is 0.385. The van der Waals surface area contributed by atoms with Gasteiger partial charge in [-0.1, -0.05) is 17.3 Å². The van der Waals surface area contributed by atoms with Crippen LogP contribution in [0.2, 0.25) is 0 Å². The summed E-state index contributed by atoms with van der Waals surface area (Å²) in [6, 6.07) is 7.50. The van der Waals surface area contributed by atoms with E-state index in [1.165, 1.54) is 0 Å². The van der Waals surface area contributed by atoms with Gasteiger partial charge < -0.3 is 14.4 Å². The van der Waals surface area contributed by atoms with Crippen LogP contribution in [-0.2, 0) is 0 Å². The Morgan fingerprint density at radius 1 is 1.42 bits per heavy atom. The van der Waals surface area contributed by atoms with E-state index in [0.29, 0.717) is 11.7 Å². The van der Waals surface area contributed by atoms with Gasteiger partial charge in [0.25, 0.3) is 0 Å². The summed E-state index contributed by atoms with van der Waals surface area (Å²) in [6.45, 7) is 0. The first-order valence-electron chi connectivity index (χ1n) is 6.02.